The minimum atomic E-state index is 0.689. The molecule has 5 aromatic rings. The maximum Gasteiger partial charge on any atom is 0.163 e. The molecule has 1 aromatic heterocycles. The Hall–Kier alpha value is -3.59. The SMILES string of the molecule is c1ccc(-c2ncnc(-c3ccc4c(ccc5ccccc54)c3)n2)cc1. The molecule has 0 unspecified atom stereocenters. The Bertz CT molecular complexity index is 1230. The lowest BCUT2D eigenvalue weighted by atomic mass is 10.00. The second kappa shape index (κ2) is 6.05. The summed E-state index contributed by atoms with van der Waals surface area (Å²) in [6.07, 6.45) is 1.58. The number of hydrogen-bond donors (Lipinski definition) is 0. The zero-order valence-electron chi connectivity index (χ0n) is 14.0. The van der Waals surface area contributed by atoms with Crippen molar-refractivity contribution >= 4 is 21.5 Å². The second-order valence-electron chi connectivity index (χ2n) is 6.22. The summed E-state index contributed by atoms with van der Waals surface area (Å²) in [4.78, 5) is 13.4. The topological polar surface area (TPSA) is 38.7 Å². The molecule has 0 amide bonds. The average Bonchev–Trinajstić information content (AvgIpc) is 2.74. The van der Waals surface area contributed by atoms with Gasteiger partial charge in [-0.25, -0.2) is 15.0 Å². The summed E-state index contributed by atoms with van der Waals surface area (Å²) in [7, 11) is 0. The van der Waals surface area contributed by atoms with Crippen molar-refractivity contribution in [1.29, 1.82) is 0 Å². The highest BCUT2D eigenvalue weighted by molar-refractivity contribution is 6.08. The Labute approximate surface area is 151 Å². The van der Waals surface area contributed by atoms with E-state index < -0.39 is 0 Å². The van der Waals surface area contributed by atoms with E-state index in [1.165, 1.54) is 21.5 Å². The zero-order chi connectivity index (χ0) is 17.3. The molecule has 0 bridgehead atoms. The highest BCUT2D eigenvalue weighted by Crippen LogP contribution is 2.28. The summed E-state index contributed by atoms with van der Waals surface area (Å²) in [5, 5.41) is 4.93. The van der Waals surface area contributed by atoms with Gasteiger partial charge in [-0.15, -0.1) is 0 Å². The van der Waals surface area contributed by atoms with Gasteiger partial charge in [-0.1, -0.05) is 78.9 Å². The molecule has 0 aliphatic heterocycles. The van der Waals surface area contributed by atoms with Gasteiger partial charge in [-0.3, -0.25) is 0 Å². The van der Waals surface area contributed by atoms with Crippen molar-refractivity contribution in [2.75, 3.05) is 0 Å². The molecule has 0 fully saturated rings. The summed E-state index contributed by atoms with van der Waals surface area (Å²) in [6, 6.07) is 29.1. The first-order valence-electron chi connectivity index (χ1n) is 8.55. The van der Waals surface area contributed by atoms with Crippen molar-refractivity contribution in [1.82, 2.24) is 15.0 Å². The van der Waals surface area contributed by atoms with E-state index in [1.54, 1.807) is 6.33 Å². The fourth-order valence-corrected chi connectivity index (χ4v) is 3.31. The summed E-state index contributed by atoms with van der Waals surface area (Å²) in [5.41, 5.74) is 1.98. The molecular weight excluding hydrogens is 318 g/mol. The number of aromatic nitrogens is 3. The first kappa shape index (κ1) is 14.7. The Morgan fingerprint density at radius 3 is 2.08 bits per heavy atom. The van der Waals surface area contributed by atoms with E-state index in [4.69, 9.17) is 0 Å². The van der Waals surface area contributed by atoms with Gasteiger partial charge in [0.25, 0.3) is 0 Å². The standard InChI is InChI=1S/C23H15N3/c1-2-7-17(8-3-1)22-24-15-25-23(26-22)19-12-13-21-18(14-19)11-10-16-6-4-5-9-20(16)21/h1-15H. The maximum atomic E-state index is 4.66. The van der Waals surface area contributed by atoms with E-state index in [1.807, 2.05) is 30.3 Å². The summed E-state index contributed by atoms with van der Waals surface area (Å²) >= 11 is 0. The third-order valence-electron chi connectivity index (χ3n) is 4.61. The molecule has 0 N–H and O–H groups in total. The lowest BCUT2D eigenvalue weighted by molar-refractivity contribution is 1.07. The molecule has 1 heterocycles. The molecule has 0 atom stereocenters. The third-order valence-corrected chi connectivity index (χ3v) is 4.61. The number of hydrogen-bond acceptors (Lipinski definition) is 3. The van der Waals surface area contributed by atoms with E-state index in [-0.39, 0.29) is 0 Å². The van der Waals surface area contributed by atoms with Gasteiger partial charge in [0.1, 0.15) is 6.33 Å². The van der Waals surface area contributed by atoms with Gasteiger partial charge in [-0.05, 0) is 27.6 Å². The molecule has 0 aliphatic carbocycles. The van der Waals surface area contributed by atoms with Crippen molar-refractivity contribution in [3.63, 3.8) is 0 Å². The number of nitrogens with zero attached hydrogens (tertiary/aromatic N) is 3. The molecule has 3 nitrogen and oxygen atoms in total. The van der Waals surface area contributed by atoms with Crippen LogP contribution in [0, 0.1) is 0 Å². The van der Waals surface area contributed by atoms with Gasteiger partial charge in [0.15, 0.2) is 11.6 Å². The first-order chi connectivity index (χ1) is 12.9. The van der Waals surface area contributed by atoms with E-state index >= 15 is 0 Å². The minimum absolute atomic E-state index is 0.689. The van der Waals surface area contributed by atoms with Crippen molar-refractivity contribution in [2.45, 2.75) is 0 Å². The van der Waals surface area contributed by atoms with Crippen LogP contribution in [0.4, 0.5) is 0 Å². The van der Waals surface area contributed by atoms with Crippen LogP contribution in [0.5, 0.6) is 0 Å². The Morgan fingerprint density at radius 2 is 1.19 bits per heavy atom. The molecule has 0 spiro atoms. The van der Waals surface area contributed by atoms with E-state index in [9.17, 15) is 0 Å². The smallest absolute Gasteiger partial charge is 0.163 e. The Morgan fingerprint density at radius 1 is 0.500 bits per heavy atom. The fourth-order valence-electron chi connectivity index (χ4n) is 3.31. The molecule has 5 rings (SSSR count). The highest BCUT2D eigenvalue weighted by Gasteiger charge is 2.08. The van der Waals surface area contributed by atoms with Crippen LogP contribution in [0.15, 0.2) is 91.3 Å². The van der Waals surface area contributed by atoms with Crippen molar-refractivity contribution in [3.8, 4) is 22.8 Å². The molecule has 0 saturated carbocycles. The molecule has 3 heteroatoms. The highest BCUT2D eigenvalue weighted by atomic mass is 15.0. The Balaban J connectivity index is 1.64. The van der Waals surface area contributed by atoms with E-state index in [2.05, 4.69) is 69.5 Å². The van der Waals surface area contributed by atoms with Gasteiger partial charge in [0, 0.05) is 11.1 Å². The van der Waals surface area contributed by atoms with Crippen LogP contribution in [-0.4, -0.2) is 15.0 Å². The molecule has 122 valence electrons. The van der Waals surface area contributed by atoms with Crippen molar-refractivity contribution in [3.05, 3.63) is 91.3 Å². The largest absolute Gasteiger partial charge is 0.217 e. The van der Waals surface area contributed by atoms with Crippen LogP contribution < -0.4 is 0 Å². The summed E-state index contributed by atoms with van der Waals surface area (Å²) in [6.45, 7) is 0. The quantitative estimate of drug-likeness (QED) is 0.400. The summed E-state index contributed by atoms with van der Waals surface area (Å²) < 4.78 is 0. The normalized spacial score (nSPS) is 11.1. The maximum absolute atomic E-state index is 4.66. The van der Waals surface area contributed by atoms with Gasteiger partial charge < -0.3 is 0 Å². The Kier molecular flexibility index (Phi) is 3.42. The van der Waals surface area contributed by atoms with Crippen LogP contribution in [0.3, 0.4) is 0 Å². The lowest BCUT2D eigenvalue weighted by Gasteiger charge is -2.07. The average molecular weight is 333 g/mol. The summed E-state index contributed by atoms with van der Waals surface area (Å²) in [5.74, 6) is 1.38. The van der Waals surface area contributed by atoms with Gasteiger partial charge in [0.05, 0.1) is 0 Å². The van der Waals surface area contributed by atoms with Crippen molar-refractivity contribution < 1.29 is 0 Å². The number of benzene rings is 4. The van der Waals surface area contributed by atoms with Crippen LogP contribution in [0.2, 0.25) is 0 Å². The lowest BCUT2D eigenvalue weighted by Crippen LogP contribution is -1.95. The van der Waals surface area contributed by atoms with Crippen molar-refractivity contribution in [2.24, 2.45) is 0 Å². The fraction of sp³-hybridized carbons (Fsp3) is 0. The number of rotatable bonds is 2. The minimum Gasteiger partial charge on any atom is -0.217 e. The molecule has 0 saturated heterocycles. The predicted molar refractivity (Wildman–Crippen MR) is 106 cm³/mol. The predicted octanol–water partition coefficient (Wildman–Crippen LogP) is 5.51. The van der Waals surface area contributed by atoms with Gasteiger partial charge in [-0.2, -0.15) is 0 Å². The molecule has 26 heavy (non-hydrogen) atoms. The van der Waals surface area contributed by atoms with E-state index in [0.717, 1.165) is 11.1 Å². The van der Waals surface area contributed by atoms with Gasteiger partial charge >= 0.3 is 0 Å². The van der Waals surface area contributed by atoms with Crippen LogP contribution in [0.25, 0.3) is 44.3 Å². The van der Waals surface area contributed by atoms with Crippen LogP contribution >= 0.6 is 0 Å². The molecular formula is C23H15N3. The van der Waals surface area contributed by atoms with E-state index in [0.29, 0.717) is 11.6 Å². The third kappa shape index (κ3) is 2.50. The first-order valence-corrected chi connectivity index (χ1v) is 8.55. The van der Waals surface area contributed by atoms with Gasteiger partial charge in [0.2, 0.25) is 0 Å². The monoisotopic (exact) mass is 333 g/mol. The number of fused-ring (bicyclic) bond motifs is 3. The molecule has 0 radical (unpaired) electrons. The second-order valence-corrected chi connectivity index (χ2v) is 6.22. The zero-order valence-corrected chi connectivity index (χ0v) is 14.0. The van der Waals surface area contributed by atoms with Crippen LogP contribution in [-0.2, 0) is 0 Å². The molecule has 4 aromatic carbocycles. The van der Waals surface area contributed by atoms with Crippen LogP contribution in [0.1, 0.15) is 0 Å². The molecule has 0 aliphatic rings.